The summed E-state index contributed by atoms with van der Waals surface area (Å²) >= 11 is 4.16. The minimum Gasteiger partial charge on any atom is -0.343 e. The molecule has 1 fully saturated rings. The monoisotopic (exact) mass is 279 g/mol. The van der Waals surface area contributed by atoms with Crippen LogP contribution in [0.4, 0.5) is 0 Å². The molecule has 1 heterocycles. The van der Waals surface area contributed by atoms with E-state index in [1.54, 1.807) is 29.2 Å². The van der Waals surface area contributed by atoms with Crippen LogP contribution < -0.4 is 10.6 Å². The van der Waals surface area contributed by atoms with Gasteiger partial charge in [-0.1, -0.05) is 0 Å². The highest BCUT2D eigenvalue weighted by Crippen LogP contribution is 2.07. The first-order chi connectivity index (χ1) is 9.16. The minimum atomic E-state index is -0.239. The SMILES string of the molecule is O=C(NCC(=O)N1CCNCC1)c1ccc(S)cc1. The Morgan fingerprint density at radius 3 is 2.47 bits per heavy atom. The average Bonchev–Trinajstić information content (AvgIpc) is 2.46. The molecule has 1 saturated heterocycles. The van der Waals surface area contributed by atoms with E-state index < -0.39 is 0 Å². The maximum absolute atomic E-state index is 11.9. The van der Waals surface area contributed by atoms with Crippen LogP contribution in [-0.4, -0.2) is 49.4 Å². The molecule has 0 aliphatic carbocycles. The number of carbonyl (C=O) groups is 2. The van der Waals surface area contributed by atoms with Crippen LogP contribution in [0.1, 0.15) is 10.4 Å². The van der Waals surface area contributed by atoms with Crippen LogP contribution in [0, 0.1) is 0 Å². The van der Waals surface area contributed by atoms with Gasteiger partial charge in [-0.2, -0.15) is 0 Å². The molecule has 6 heteroatoms. The molecule has 2 N–H and O–H groups in total. The first kappa shape index (κ1) is 13.9. The van der Waals surface area contributed by atoms with Crippen LogP contribution in [0.15, 0.2) is 29.2 Å². The molecule has 5 nitrogen and oxygen atoms in total. The van der Waals surface area contributed by atoms with Gasteiger partial charge in [-0.15, -0.1) is 12.6 Å². The van der Waals surface area contributed by atoms with Crippen LogP contribution in [0.3, 0.4) is 0 Å². The molecule has 0 atom stereocenters. The number of carbonyl (C=O) groups excluding carboxylic acids is 2. The number of piperazine rings is 1. The van der Waals surface area contributed by atoms with E-state index in [1.807, 2.05) is 0 Å². The smallest absolute Gasteiger partial charge is 0.251 e. The highest BCUT2D eigenvalue weighted by molar-refractivity contribution is 7.80. The average molecular weight is 279 g/mol. The van der Waals surface area contributed by atoms with Gasteiger partial charge in [0.1, 0.15) is 0 Å². The summed E-state index contributed by atoms with van der Waals surface area (Å²) in [4.78, 5) is 26.2. The third kappa shape index (κ3) is 3.97. The summed E-state index contributed by atoms with van der Waals surface area (Å²) in [6.45, 7) is 3.06. The molecular formula is C13H17N3O2S. The molecule has 0 bridgehead atoms. The van der Waals surface area contributed by atoms with Crippen LogP contribution in [0.25, 0.3) is 0 Å². The summed E-state index contributed by atoms with van der Waals surface area (Å²) in [5.41, 5.74) is 0.533. The van der Waals surface area contributed by atoms with Gasteiger partial charge in [0.2, 0.25) is 5.91 Å². The van der Waals surface area contributed by atoms with Crippen LogP contribution in [0.2, 0.25) is 0 Å². The molecule has 1 aromatic rings. The zero-order valence-corrected chi connectivity index (χ0v) is 11.5. The van der Waals surface area contributed by atoms with E-state index in [-0.39, 0.29) is 18.4 Å². The molecule has 2 rings (SSSR count). The maximum Gasteiger partial charge on any atom is 0.251 e. The molecular weight excluding hydrogens is 262 g/mol. The molecule has 102 valence electrons. The first-order valence-electron chi connectivity index (χ1n) is 6.22. The summed E-state index contributed by atoms with van der Waals surface area (Å²) < 4.78 is 0. The highest BCUT2D eigenvalue weighted by Gasteiger charge is 2.16. The standard InChI is InChI=1S/C13H17N3O2S/c17-12(16-7-5-14-6-8-16)9-15-13(18)10-1-3-11(19)4-2-10/h1-4,14,19H,5-9H2,(H,15,18). The fourth-order valence-corrected chi connectivity index (χ4v) is 2.05. The normalized spacial score (nSPS) is 15.1. The van der Waals surface area contributed by atoms with Gasteiger partial charge in [-0.05, 0) is 24.3 Å². The van der Waals surface area contributed by atoms with Crippen LogP contribution in [0.5, 0.6) is 0 Å². The van der Waals surface area contributed by atoms with E-state index >= 15 is 0 Å². The molecule has 1 aliphatic heterocycles. The Morgan fingerprint density at radius 2 is 1.84 bits per heavy atom. The van der Waals surface area contributed by atoms with Crippen molar-refractivity contribution in [3.05, 3.63) is 29.8 Å². The molecule has 0 saturated carbocycles. The van der Waals surface area contributed by atoms with Gasteiger partial charge in [0.15, 0.2) is 0 Å². The number of hydrogen-bond acceptors (Lipinski definition) is 4. The van der Waals surface area contributed by atoms with Crippen molar-refractivity contribution in [2.45, 2.75) is 4.90 Å². The van der Waals surface area contributed by atoms with Crippen LogP contribution in [-0.2, 0) is 4.79 Å². The Morgan fingerprint density at radius 1 is 1.21 bits per heavy atom. The lowest BCUT2D eigenvalue weighted by atomic mass is 10.2. The highest BCUT2D eigenvalue weighted by atomic mass is 32.1. The first-order valence-corrected chi connectivity index (χ1v) is 6.67. The van der Waals surface area contributed by atoms with Crippen molar-refractivity contribution in [2.24, 2.45) is 0 Å². The minimum absolute atomic E-state index is 0.0411. The summed E-state index contributed by atoms with van der Waals surface area (Å²) in [7, 11) is 0. The Labute approximate surface area is 117 Å². The predicted octanol–water partition coefficient (Wildman–Crippen LogP) is 0.137. The van der Waals surface area contributed by atoms with Gasteiger partial charge in [-0.25, -0.2) is 0 Å². The largest absolute Gasteiger partial charge is 0.343 e. The van der Waals surface area contributed by atoms with Crippen molar-refractivity contribution in [2.75, 3.05) is 32.7 Å². The predicted molar refractivity (Wildman–Crippen MR) is 75.5 cm³/mol. The topological polar surface area (TPSA) is 61.4 Å². The lowest BCUT2D eigenvalue weighted by Crippen LogP contribution is -2.49. The van der Waals surface area contributed by atoms with E-state index in [0.717, 1.165) is 18.0 Å². The van der Waals surface area contributed by atoms with Gasteiger partial charge >= 0.3 is 0 Å². The van der Waals surface area contributed by atoms with Crippen molar-refractivity contribution >= 4 is 24.4 Å². The maximum atomic E-state index is 11.9. The Balaban J connectivity index is 1.82. The molecule has 0 aromatic heterocycles. The Hall–Kier alpha value is -1.53. The van der Waals surface area contributed by atoms with E-state index in [9.17, 15) is 9.59 Å². The number of benzene rings is 1. The van der Waals surface area contributed by atoms with Crippen molar-refractivity contribution < 1.29 is 9.59 Å². The van der Waals surface area contributed by atoms with E-state index in [1.165, 1.54) is 0 Å². The van der Waals surface area contributed by atoms with Crippen LogP contribution >= 0.6 is 12.6 Å². The van der Waals surface area contributed by atoms with Gasteiger partial charge in [0, 0.05) is 36.6 Å². The zero-order valence-electron chi connectivity index (χ0n) is 10.6. The lowest BCUT2D eigenvalue weighted by molar-refractivity contribution is -0.130. The molecule has 0 unspecified atom stereocenters. The molecule has 0 radical (unpaired) electrons. The van der Waals surface area contributed by atoms with Gasteiger partial charge < -0.3 is 15.5 Å². The lowest BCUT2D eigenvalue weighted by Gasteiger charge is -2.27. The fraction of sp³-hybridized carbons (Fsp3) is 0.385. The third-order valence-electron chi connectivity index (χ3n) is 3.00. The van der Waals surface area contributed by atoms with Gasteiger partial charge in [0.25, 0.3) is 5.91 Å². The summed E-state index contributed by atoms with van der Waals surface area (Å²) in [6.07, 6.45) is 0. The number of rotatable bonds is 3. The molecule has 19 heavy (non-hydrogen) atoms. The van der Waals surface area contributed by atoms with Crippen molar-refractivity contribution in [3.8, 4) is 0 Å². The Kier molecular flexibility index (Phi) is 4.81. The van der Waals surface area contributed by atoms with Crippen molar-refractivity contribution in [3.63, 3.8) is 0 Å². The molecule has 0 spiro atoms. The number of nitrogens with zero attached hydrogens (tertiary/aromatic N) is 1. The summed E-state index contributed by atoms with van der Waals surface area (Å²) in [5.74, 6) is -0.280. The quantitative estimate of drug-likeness (QED) is 0.690. The number of nitrogens with one attached hydrogen (secondary N) is 2. The number of hydrogen-bond donors (Lipinski definition) is 3. The second-order valence-corrected chi connectivity index (χ2v) is 4.88. The molecule has 2 amide bonds. The summed E-state index contributed by atoms with van der Waals surface area (Å²) in [5, 5.41) is 5.82. The van der Waals surface area contributed by atoms with E-state index in [2.05, 4.69) is 23.3 Å². The second kappa shape index (κ2) is 6.58. The second-order valence-electron chi connectivity index (χ2n) is 4.36. The number of thiol groups is 1. The summed E-state index contributed by atoms with van der Waals surface area (Å²) in [6, 6.07) is 6.87. The Bertz CT molecular complexity index is 455. The van der Waals surface area contributed by atoms with E-state index in [0.29, 0.717) is 18.7 Å². The molecule has 1 aliphatic rings. The van der Waals surface area contributed by atoms with Crippen molar-refractivity contribution in [1.29, 1.82) is 0 Å². The number of amides is 2. The zero-order chi connectivity index (χ0) is 13.7. The van der Waals surface area contributed by atoms with Gasteiger partial charge in [0.05, 0.1) is 6.54 Å². The van der Waals surface area contributed by atoms with Gasteiger partial charge in [-0.3, -0.25) is 9.59 Å². The fourth-order valence-electron chi connectivity index (χ4n) is 1.90. The third-order valence-corrected chi connectivity index (χ3v) is 3.30. The molecule has 1 aromatic carbocycles. The van der Waals surface area contributed by atoms with Crippen molar-refractivity contribution in [1.82, 2.24) is 15.5 Å². The van der Waals surface area contributed by atoms with E-state index in [4.69, 9.17) is 0 Å².